The first-order valence-corrected chi connectivity index (χ1v) is 6.43. The maximum absolute atomic E-state index is 13.6. The SMILES string of the molecule is CCCn1nc(C)c(N)c1NCc1ccccc1F. The van der Waals surface area contributed by atoms with Crippen LogP contribution < -0.4 is 11.1 Å². The van der Waals surface area contributed by atoms with Crippen LogP contribution in [0.25, 0.3) is 0 Å². The number of rotatable bonds is 5. The normalized spacial score (nSPS) is 10.7. The van der Waals surface area contributed by atoms with Gasteiger partial charge in [-0.2, -0.15) is 5.10 Å². The van der Waals surface area contributed by atoms with Crippen molar-refractivity contribution in [3.05, 3.63) is 41.3 Å². The third kappa shape index (κ3) is 2.86. The molecule has 0 radical (unpaired) electrons. The summed E-state index contributed by atoms with van der Waals surface area (Å²) in [6, 6.07) is 6.71. The number of halogens is 1. The number of benzene rings is 1. The van der Waals surface area contributed by atoms with E-state index in [-0.39, 0.29) is 5.82 Å². The van der Waals surface area contributed by atoms with Crippen LogP contribution in [-0.2, 0) is 13.1 Å². The van der Waals surface area contributed by atoms with E-state index in [0.717, 1.165) is 24.5 Å². The molecule has 0 bridgehead atoms. The second kappa shape index (κ2) is 5.73. The van der Waals surface area contributed by atoms with E-state index in [1.165, 1.54) is 6.07 Å². The predicted molar refractivity (Wildman–Crippen MR) is 75.4 cm³/mol. The molecular formula is C14H19FN4. The molecule has 1 aromatic carbocycles. The Bertz CT molecular complexity index is 563. The van der Waals surface area contributed by atoms with E-state index >= 15 is 0 Å². The largest absolute Gasteiger partial charge is 0.394 e. The van der Waals surface area contributed by atoms with Crippen molar-refractivity contribution in [3.8, 4) is 0 Å². The molecule has 0 atom stereocenters. The summed E-state index contributed by atoms with van der Waals surface area (Å²) in [4.78, 5) is 0. The van der Waals surface area contributed by atoms with Crippen molar-refractivity contribution in [2.75, 3.05) is 11.1 Å². The van der Waals surface area contributed by atoms with Gasteiger partial charge >= 0.3 is 0 Å². The molecule has 2 aromatic rings. The molecule has 102 valence electrons. The van der Waals surface area contributed by atoms with E-state index in [1.807, 2.05) is 17.7 Å². The number of nitrogens with two attached hydrogens (primary N) is 1. The highest BCUT2D eigenvalue weighted by atomic mass is 19.1. The van der Waals surface area contributed by atoms with Crippen LogP contribution in [0.15, 0.2) is 24.3 Å². The predicted octanol–water partition coefficient (Wildman–Crippen LogP) is 2.93. The molecule has 2 rings (SSSR count). The molecule has 0 amide bonds. The van der Waals surface area contributed by atoms with Crippen LogP contribution in [-0.4, -0.2) is 9.78 Å². The number of nitrogens with zero attached hydrogens (tertiary/aromatic N) is 2. The lowest BCUT2D eigenvalue weighted by atomic mass is 10.2. The Labute approximate surface area is 112 Å². The lowest BCUT2D eigenvalue weighted by molar-refractivity contribution is 0.598. The Morgan fingerprint density at radius 3 is 2.79 bits per heavy atom. The topological polar surface area (TPSA) is 55.9 Å². The molecule has 0 aliphatic carbocycles. The quantitative estimate of drug-likeness (QED) is 0.871. The van der Waals surface area contributed by atoms with Gasteiger partial charge in [0.1, 0.15) is 11.6 Å². The Kier molecular flexibility index (Phi) is 4.04. The highest BCUT2D eigenvalue weighted by Crippen LogP contribution is 2.23. The van der Waals surface area contributed by atoms with E-state index in [1.54, 1.807) is 12.1 Å². The van der Waals surface area contributed by atoms with Crippen molar-refractivity contribution in [1.82, 2.24) is 9.78 Å². The van der Waals surface area contributed by atoms with Crippen molar-refractivity contribution in [2.45, 2.75) is 33.4 Å². The van der Waals surface area contributed by atoms with Crippen molar-refractivity contribution < 1.29 is 4.39 Å². The smallest absolute Gasteiger partial charge is 0.148 e. The van der Waals surface area contributed by atoms with Gasteiger partial charge < -0.3 is 11.1 Å². The molecule has 1 heterocycles. The Balaban J connectivity index is 2.17. The van der Waals surface area contributed by atoms with Gasteiger partial charge in [0.05, 0.1) is 11.4 Å². The second-order valence-corrected chi connectivity index (χ2v) is 4.52. The third-order valence-electron chi connectivity index (χ3n) is 3.01. The lowest BCUT2D eigenvalue weighted by Gasteiger charge is -2.10. The average Bonchev–Trinajstić information content (AvgIpc) is 2.65. The van der Waals surface area contributed by atoms with Gasteiger partial charge in [-0.3, -0.25) is 0 Å². The first-order chi connectivity index (χ1) is 9.13. The van der Waals surface area contributed by atoms with Crippen molar-refractivity contribution in [1.29, 1.82) is 0 Å². The fourth-order valence-electron chi connectivity index (χ4n) is 1.98. The summed E-state index contributed by atoms with van der Waals surface area (Å²) in [6.07, 6.45) is 0.967. The van der Waals surface area contributed by atoms with Gasteiger partial charge in [0.15, 0.2) is 0 Å². The van der Waals surface area contributed by atoms with Crippen LogP contribution in [0.1, 0.15) is 24.6 Å². The van der Waals surface area contributed by atoms with Gasteiger partial charge in [-0.25, -0.2) is 9.07 Å². The lowest BCUT2D eigenvalue weighted by Crippen LogP contribution is -2.10. The fraction of sp³-hybridized carbons (Fsp3) is 0.357. The summed E-state index contributed by atoms with van der Waals surface area (Å²) in [5.74, 6) is 0.550. The number of aryl methyl sites for hydroxylation is 2. The minimum atomic E-state index is -0.216. The van der Waals surface area contributed by atoms with Crippen LogP contribution in [0.3, 0.4) is 0 Å². The minimum Gasteiger partial charge on any atom is -0.394 e. The Morgan fingerprint density at radius 1 is 1.37 bits per heavy atom. The molecule has 5 heteroatoms. The monoisotopic (exact) mass is 262 g/mol. The molecule has 0 unspecified atom stereocenters. The molecule has 0 saturated heterocycles. The zero-order chi connectivity index (χ0) is 13.8. The minimum absolute atomic E-state index is 0.216. The van der Waals surface area contributed by atoms with Gasteiger partial charge in [0, 0.05) is 18.7 Å². The Morgan fingerprint density at radius 2 is 2.11 bits per heavy atom. The van der Waals surface area contributed by atoms with Crippen LogP contribution in [0.4, 0.5) is 15.9 Å². The molecular weight excluding hydrogens is 243 g/mol. The van der Waals surface area contributed by atoms with E-state index < -0.39 is 0 Å². The van der Waals surface area contributed by atoms with Gasteiger partial charge in [-0.05, 0) is 19.4 Å². The molecule has 0 aliphatic rings. The van der Waals surface area contributed by atoms with E-state index in [2.05, 4.69) is 17.3 Å². The summed E-state index contributed by atoms with van der Waals surface area (Å²) in [7, 11) is 0. The van der Waals surface area contributed by atoms with Gasteiger partial charge in [0.25, 0.3) is 0 Å². The highest BCUT2D eigenvalue weighted by molar-refractivity contribution is 5.64. The highest BCUT2D eigenvalue weighted by Gasteiger charge is 2.12. The zero-order valence-electron chi connectivity index (χ0n) is 11.3. The molecule has 3 N–H and O–H groups in total. The number of hydrogen-bond donors (Lipinski definition) is 2. The van der Waals surface area contributed by atoms with Crippen molar-refractivity contribution in [3.63, 3.8) is 0 Å². The maximum atomic E-state index is 13.6. The van der Waals surface area contributed by atoms with Gasteiger partial charge in [-0.15, -0.1) is 0 Å². The van der Waals surface area contributed by atoms with Crippen molar-refractivity contribution >= 4 is 11.5 Å². The summed E-state index contributed by atoms with van der Waals surface area (Å²) in [5, 5.41) is 7.55. The molecule has 0 saturated carbocycles. The van der Waals surface area contributed by atoms with E-state index in [0.29, 0.717) is 17.8 Å². The second-order valence-electron chi connectivity index (χ2n) is 4.52. The summed E-state index contributed by atoms with van der Waals surface area (Å²) in [6.45, 7) is 5.13. The summed E-state index contributed by atoms with van der Waals surface area (Å²) >= 11 is 0. The van der Waals surface area contributed by atoms with Gasteiger partial charge in [0.2, 0.25) is 0 Å². The van der Waals surface area contributed by atoms with Crippen molar-refractivity contribution in [2.24, 2.45) is 0 Å². The maximum Gasteiger partial charge on any atom is 0.148 e. The van der Waals surface area contributed by atoms with Crippen LogP contribution in [0.2, 0.25) is 0 Å². The molecule has 4 nitrogen and oxygen atoms in total. The number of nitrogens with one attached hydrogen (secondary N) is 1. The third-order valence-corrected chi connectivity index (χ3v) is 3.01. The molecule has 0 fully saturated rings. The number of hydrogen-bond acceptors (Lipinski definition) is 3. The summed E-state index contributed by atoms with van der Waals surface area (Å²) < 4.78 is 15.4. The first kappa shape index (κ1) is 13.4. The molecule has 0 spiro atoms. The Hall–Kier alpha value is -2.04. The standard InChI is InChI=1S/C14H19FN4/c1-3-8-19-14(13(16)10(2)18-19)17-9-11-6-4-5-7-12(11)15/h4-7,17H,3,8-9,16H2,1-2H3. The number of nitrogen functional groups attached to an aromatic ring is 1. The van der Waals surface area contributed by atoms with Gasteiger partial charge in [-0.1, -0.05) is 25.1 Å². The average molecular weight is 262 g/mol. The van der Waals surface area contributed by atoms with E-state index in [9.17, 15) is 4.39 Å². The fourth-order valence-corrected chi connectivity index (χ4v) is 1.98. The zero-order valence-corrected chi connectivity index (χ0v) is 11.3. The van der Waals surface area contributed by atoms with E-state index in [4.69, 9.17) is 5.73 Å². The van der Waals surface area contributed by atoms with Crippen LogP contribution in [0.5, 0.6) is 0 Å². The first-order valence-electron chi connectivity index (χ1n) is 6.43. The van der Waals surface area contributed by atoms with Crippen LogP contribution in [0, 0.1) is 12.7 Å². The van der Waals surface area contributed by atoms with Crippen LogP contribution >= 0.6 is 0 Å². The number of anilines is 2. The molecule has 19 heavy (non-hydrogen) atoms. The summed E-state index contributed by atoms with van der Waals surface area (Å²) in [5.41, 5.74) is 8.04. The number of aromatic nitrogens is 2. The molecule has 0 aliphatic heterocycles. The molecule has 1 aromatic heterocycles.